The average Bonchev–Trinajstić information content (AvgIpc) is 2.58. The summed E-state index contributed by atoms with van der Waals surface area (Å²) in [5.41, 5.74) is 1.72. The van der Waals surface area contributed by atoms with Gasteiger partial charge < -0.3 is 4.74 Å². The van der Waals surface area contributed by atoms with Crippen LogP contribution >= 0.6 is 0 Å². The van der Waals surface area contributed by atoms with Gasteiger partial charge in [-0.25, -0.2) is 9.48 Å². The van der Waals surface area contributed by atoms with Crippen LogP contribution in [0.25, 0.3) is 10.9 Å². The molecule has 6 heteroatoms. The molecule has 0 saturated carbocycles. The maximum Gasteiger partial charge on any atom is 0.338 e. The Morgan fingerprint density at radius 2 is 1.87 bits per heavy atom. The third-order valence-corrected chi connectivity index (χ3v) is 3.43. The SMILES string of the molecule is CCOC(=O)c1ccc(Cn2nnc3ccccc3c2=O)cc1. The van der Waals surface area contributed by atoms with Gasteiger partial charge in [-0.3, -0.25) is 4.79 Å². The van der Waals surface area contributed by atoms with Crippen LogP contribution in [0.15, 0.2) is 53.3 Å². The van der Waals surface area contributed by atoms with Crippen LogP contribution in [-0.2, 0) is 11.3 Å². The van der Waals surface area contributed by atoms with E-state index in [0.29, 0.717) is 29.6 Å². The molecule has 23 heavy (non-hydrogen) atoms. The highest BCUT2D eigenvalue weighted by molar-refractivity contribution is 5.89. The van der Waals surface area contributed by atoms with E-state index in [1.165, 1.54) is 4.68 Å². The molecule has 0 radical (unpaired) electrons. The van der Waals surface area contributed by atoms with Gasteiger partial charge in [-0.1, -0.05) is 29.5 Å². The van der Waals surface area contributed by atoms with Crippen LogP contribution in [0.3, 0.4) is 0 Å². The molecule has 0 aliphatic heterocycles. The Kier molecular flexibility index (Phi) is 4.14. The number of aromatic nitrogens is 3. The predicted octanol–water partition coefficient (Wildman–Crippen LogP) is 2.02. The molecule has 0 saturated heterocycles. The summed E-state index contributed by atoms with van der Waals surface area (Å²) < 4.78 is 6.24. The number of carbonyl (C=O) groups excluding carboxylic acids is 1. The second kappa shape index (κ2) is 6.39. The van der Waals surface area contributed by atoms with E-state index >= 15 is 0 Å². The molecule has 116 valence electrons. The smallest absolute Gasteiger partial charge is 0.338 e. The number of nitrogens with zero attached hydrogens (tertiary/aromatic N) is 3. The average molecular weight is 309 g/mol. The maximum absolute atomic E-state index is 12.4. The van der Waals surface area contributed by atoms with E-state index in [4.69, 9.17) is 4.74 Å². The lowest BCUT2D eigenvalue weighted by molar-refractivity contribution is 0.0526. The number of fused-ring (bicyclic) bond motifs is 1. The third-order valence-electron chi connectivity index (χ3n) is 3.43. The van der Waals surface area contributed by atoms with Gasteiger partial charge in [0, 0.05) is 0 Å². The second-order valence-corrected chi connectivity index (χ2v) is 4.99. The zero-order chi connectivity index (χ0) is 16.2. The molecule has 0 aliphatic rings. The first-order chi connectivity index (χ1) is 11.2. The topological polar surface area (TPSA) is 74.1 Å². The van der Waals surface area contributed by atoms with Crippen molar-refractivity contribution in [3.63, 3.8) is 0 Å². The molecule has 0 N–H and O–H groups in total. The van der Waals surface area contributed by atoms with Gasteiger partial charge in [0.25, 0.3) is 5.56 Å². The number of esters is 1. The molecular weight excluding hydrogens is 294 g/mol. The molecule has 1 heterocycles. The molecule has 0 aliphatic carbocycles. The minimum absolute atomic E-state index is 0.190. The first-order valence-electron chi connectivity index (χ1n) is 7.27. The molecule has 0 atom stereocenters. The quantitative estimate of drug-likeness (QED) is 0.689. The Hall–Kier alpha value is -3.02. The number of hydrogen-bond acceptors (Lipinski definition) is 5. The van der Waals surface area contributed by atoms with Gasteiger partial charge in [0.15, 0.2) is 0 Å². The summed E-state index contributed by atoms with van der Waals surface area (Å²) in [6.45, 7) is 2.39. The van der Waals surface area contributed by atoms with Crippen molar-refractivity contribution in [1.29, 1.82) is 0 Å². The predicted molar refractivity (Wildman–Crippen MR) is 85.3 cm³/mol. The lowest BCUT2D eigenvalue weighted by Gasteiger charge is -2.06. The number of rotatable bonds is 4. The summed E-state index contributed by atoms with van der Waals surface area (Å²) in [7, 11) is 0. The zero-order valence-electron chi connectivity index (χ0n) is 12.6. The molecule has 0 fully saturated rings. The van der Waals surface area contributed by atoms with Crippen LogP contribution in [0, 0.1) is 0 Å². The molecule has 0 amide bonds. The summed E-state index contributed by atoms with van der Waals surface area (Å²) >= 11 is 0. The number of ether oxygens (including phenoxy) is 1. The highest BCUT2D eigenvalue weighted by atomic mass is 16.5. The van der Waals surface area contributed by atoms with Gasteiger partial charge in [-0.15, -0.1) is 5.10 Å². The van der Waals surface area contributed by atoms with E-state index in [9.17, 15) is 9.59 Å². The Morgan fingerprint density at radius 3 is 2.61 bits per heavy atom. The summed E-state index contributed by atoms with van der Waals surface area (Å²) in [6, 6.07) is 14.0. The first-order valence-corrected chi connectivity index (χ1v) is 7.27. The Labute approximate surface area is 132 Å². The lowest BCUT2D eigenvalue weighted by atomic mass is 10.1. The van der Waals surface area contributed by atoms with Gasteiger partial charge in [0.1, 0.15) is 5.52 Å². The van der Waals surface area contributed by atoms with Crippen LogP contribution in [0.1, 0.15) is 22.8 Å². The fraction of sp³-hybridized carbons (Fsp3) is 0.176. The maximum atomic E-state index is 12.4. The van der Waals surface area contributed by atoms with Crippen molar-refractivity contribution in [2.75, 3.05) is 6.61 Å². The molecule has 3 rings (SSSR count). The van der Waals surface area contributed by atoms with Crippen molar-refractivity contribution in [3.05, 3.63) is 70.0 Å². The van der Waals surface area contributed by atoms with Crippen molar-refractivity contribution in [2.24, 2.45) is 0 Å². The monoisotopic (exact) mass is 309 g/mol. The Balaban J connectivity index is 1.86. The van der Waals surface area contributed by atoms with Crippen LogP contribution < -0.4 is 5.56 Å². The summed E-state index contributed by atoms with van der Waals surface area (Å²) in [4.78, 5) is 24.0. The highest BCUT2D eigenvalue weighted by Gasteiger charge is 2.08. The van der Waals surface area contributed by atoms with Crippen LogP contribution in [0.2, 0.25) is 0 Å². The van der Waals surface area contributed by atoms with E-state index in [0.717, 1.165) is 5.56 Å². The lowest BCUT2D eigenvalue weighted by Crippen LogP contribution is -2.24. The van der Waals surface area contributed by atoms with Crippen LogP contribution in [0.5, 0.6) is 0 Å². The fourth-order valence-corrected chi connectivity index (χ4v) is 2.26. The summed E-state index contributed by atoms with van der Waals surface area (Å²) in [6.07, 6.45) is 0. The molecule has 0 unspecified atom stereocenters. The van der Waals surface area contributed by atoms with Crippen molar-refractivity contribution in [3.8, 4) is 0 Å². The van der Waals surface area contributed by atoms with Gasteiger partial charge in [0.05, 0.1) is 24.1 Å². The minimum Gasteiger partial charge on any atom is -0.462 e. The summed E-state index contributed by atoms with van der Waals surface area (Å²) in [5, 5.41) is 8.53. The largest absolute Gasteiger partial charge is 0.462 e. The minimum atomic E-state index is -0.360. The molecule has 0 spiro atoms. The fourth-order valence-electron chi connectivity index (χ4n) is 2.26. The standard InChI is InChI=1S/C17H15N3O3/c1-2-23-17(22)13-9-7-12(8-10-13)11-20-16(21)14-5-3-4-6-15(14)18-19-20/h3-10H,2,11H2,1H3. The van der Waals surface area contributed by atoms with E-state index < -0.39 is 0 Å². The summed E-state index contributed by atoms with van der Waals surface area (Å²) in [5.74, 6) is -0.360. The number of benzene rings is 2. The van der Waals surface area contributed by atoms with Crippen molar-refractivity contribution in [1.82, 2.24) is 15.0 Å². The molecule has 1 aromatic heterocycles. The van der Waals surface area contributed by atoms with E-state index in [1.807, 2.05) is 6.07 Å². The molecular formula is C17H15N3O3. The number of hydrogen-bond donors (Lipinski definition) is 0. The highest BCUT2D eigenvalue weighted by Crippen LogP contribution is 2.08. The van der Waals surface area contributed by atoms with Gasteiger partial charge >= 0.3 is 5.97 Å². The normalized spacial score (nSPS) is 10.7. The van der Waals surface area contributed by atoms with E-state index in [-0.39, 0.29) is 11.5 Å². The van der Waals surface area contributed by atoms with E-state index in [2.05, 4.69) is 10.3 Å². The molecule has 0 bridgehead atoms. The zero-order valence-corrected chi connectivity index (χ0v) is 12.6. The third kappa shape index (κ3) is 3.11. The van der Waals surface area contributed by atoms with Crippen molar-refractivity contribution < 1.29 is 9.53 Å². The van der Waals surface area contributed by atoms with Gasteiger partial charge in [-0.2, -0.15) is 0 Å². The van der Waals surface area contributed by atoms with Gasteiger partial charge in [-0.05, 0) is 36.8 Å². The van der Waals surface area contributed by atoms with Crippen LogP contribution in [0.4, 0.5) is 0 Å². The van der Waals surface area contributed by atoms with Gasteiger partial charge in [0.2, 0.25) is 0 Å². The molecule has 6 nitrogen and oxygen atoms in total. The molecule has 3 aromatic rings. The Morgan fingerprint density at radius 1 is 1.13 bits per heavy atom. The van der Waals surface area contributed by atoms with E-state index in [1.54, 1.807) is 49.4 Å². The number of carbonyl (C=O) groups is 1. The first kappa shape index (κ1) is 14.9. The van der Waals surface area contributed by atoms with Crippen molar-refractivity contribution >= 4 is 16.9 Å². The Bertz CT molecular complexity index is 901. The second-order valence-electron chi connectivity index (χ2n) is 4.99. The van der Waals surface area contributed by atoms with Crippen molar-refractivity contribution in [2.45, 2.75) is 13.5 Å². The molecule has 2 aromatic carbocycles. The van der Waals surface area contributed by atoms with Crippen LogP contribution in [-0.4, -0.2) is 27.6 Å².